The summed E-state index contributed by atoms with van der Waals surface area (Å²) in [6.45, 7) is 4.53. The molecule has 0 aliphatic heterocycles. The summed E-state index contributed by atoms with van der Waals surface area (Å²) in [5, 5.41) is 10.9. The zero-order chi connectivity index (χ0) is 19.4. The van der Waals surface area contributed by atoms with Crippen molar-refractivity contribution >= 4 is 11.7 Å². The molecular weight excluding hydrogens is 344 g/mol. The van der Waals surface area contributed by atoms with E-state index in [9.17, 15) is 14.9 Å². The second-order valence-electron chi connectivity index (χ2n) is 6.12. The fourth-order valence-electron chi connectivity index (χ4n) is 3.02. The lowest BCUT2D eigenvalue weighted by molar-refractivity contribution is -0.384. The van der Waals surface area contributed by atoms with Crippen LogP contribution in [0, 0.1) is 17.0 Å². The van der Waals surface area contributed by atoms with Gasteiger partial charge in [-0.2, -0.15) is 0 Å². The fraction of sp³-hybridized carbons (Fsp3) is 0.190. The molecule has 3 rings (SSSR count). The van der Waals surface area contributed by atoms with Crippen molar-refractivity contribution in [3.8, 4) is 11.3 Å². The predicted molar refractivity (Wildman–Crippen MR) is 103 cm³/mol. The van der Waals surface area contributed by atoms with Crippen molar-refractivity contribution in [3.63, 3.8) is 0 Å². The van der Waals surface area contributed by atoms with E-state index in [1.807, 2.05) is 41.8 Å². The van der Waals surface area contributed by atoms with Crippen LogP contribution in [0.5, 0.6) is 0 Å². The zero-order valence-corrected chi connectivity index (χ0v) is 15.2. The number of nitro groups is 1. The Morgan fingerprint density at radius 1 is 1.11 bits per heavy atom. The molecule has 0 aliphatic carbocycles. The minimum atomic E-state index is -0.428. The Morgan fingerprint density at radius 2 is 1.78 bits per heavy atom. The third-order valence-electron chi connectivity index (χ3n) is 4.42. The van der Waals surface area contributed by atoms with Crippen LogP contribution in [0.3, 0.4) is 0 Å². The maximum atomic E-state index is 12.3. The number of esters is 1. The SMILES string of the molecule is CCOC(=O)c1cc(-c2ccc([N+](=O)[O-])cc2)n(Cc2ccccc2)c1C. The Labute approximate surface area is 157 Å². The quantitative estimate of drug-likeness (QED) is 0.364. The highest BCUT2D eigenvalue weighted by molar-refractivity contribution is 5.92. The van der Waals surface area contributed by atoms with Gasteiger partial charge in [0.1, 0.15) is 0 Å². The summed E-state index contributed by atoms with van der Waals surface area (Å²) in [5.41, 5.74) is 4.04. The van der Waals surface area contributed by atoms with E-state index in [0.717, 1.165) is 22.5 Å². The summed E-state index contributed by atoms with van der Waals surface area (Å²) < 4.78 is 7.20. The van der Waals surface area contributed by atoms with Gasteiger partial charge in [-0.25, -0.2) is 4.79 Å². The van der Waals surface area contributed by atoms with Gasteiger partial charge < -0.3 is 9.30 Å². The standard InChI is InChI=1S/C21H20N2O4/c1-3-27-21(24)19-13-20(17-9-11-18(12-10-17)23(25)26)22(15(19)2)14-16-7-5-4-6-8-16/h4-13H,3,14H2,1-2H3. The van der Waals surface area contributed by atoms with Crippen molar-refractivity contribution in [2.24, 2.45) is 0 Å². The molecule has 0 fully saturated rings. The predicted octanol–water partition coefficient (Wildman–Crippen LogP) is 4.60. The normalized spacial score (nSPS) is 10.6. The monoisotopic (exact) mass is 364 g/mol. The van der Waals surface area contributed by atoms with Crippen LogP contribution in [0.25, 0.3) is 11.3 Å². The average molecular weight is 364 g/mol. The maximum Gasteiger partial charge on any atom is 0.339 e. The largest absolute Gasteiger partial charge is 0.462 e. The van der Waals surface area contributed by atoms with Crippen LogP contribution in [0.4, 0.5) is 5.69 Å². The smallest absolute Gasteiger partial charge is 0.339 e. The van der Waals surface area contributed by atoms with Crippen LogP contribution in [0.15, 0.2) is 60.7 Å². The van der Waals surface area contributed by atoms with E-state index < -0.39 is 4.92 Å². The van der Waals surface area contributed by atoms with Crippen LogP contribution >= 0.6 is 0 Å². The number of non-ortho nitro benzene ring substituents is 1. The van der Waals surface area contributed by atoms with Crippen LogP contribution in [0.2, 0.25) is 0 Å². The molecule has 0 N–H and O–H groups in total. The first-order chi connectivity index (χ1) is 13.0. The van der Waals surface area contributed by atoms with Crippen LogP contribution < -0.4 is 0 Å². The lowest BCUT2D eigenvalue weighted by Crippen LogP contribution is -2.08. The Bertz CT molecular complexity index is 960. The molecule has 138 valence electrons. The molecule has 0 atom stereocenters. The van der Waals surface area contributed by atoms with Gasteiger partial charge in [0.15, 0.2) is 0 Å². The van der Waals surface area contributed by atoms with Crippen molar-refractivity contribution in [1.82, 2.24) is 4.57 Å². The zero-order valence-electron chi connectivity index (χ0n) is 15.2. The van der Waals surface area contributed by atoms with E-state index in [2.05, 4.69) is 0 Å². The molecule has 1 aromatic heterocycles. The molecule has 0 saturated heterocycles. The fourth-order valence-corrected chi connectivity index (χ4v) is 3.02. The molecule has 0 spiro atoms. The second-order valence-corrected chi connectivity index (χ2v) is 6.12. The Kier molecular flexibility index (Phi) is 5.35. The summed E-state index contributed by atoms with van der Waals surface area (Å²) in [6.07, 6.45) is 0. The van der Waals surface area contributed by atoms with E-state index in [4.69, 9.17) is 4.74 Å². The molecule has 6 heteroatoms. The first-order valence-corrected chi connectivity index (χ1v) is 8.67. The molecule has 27 heavy (non-hydrogen) atoms. The number of ether oxygens (including phenoxy) is 1. The van der Waals surface area contributed by atoms with Gasteiger partial charge in [0.25, 0.3) is 5.69 Å². The lowest BCUT2D eigenvalue weighted by Gasteiger charge is -2.12. The topological polar surface area (TPSA) is 74.4 Å². The number of rotatable bonds is 6. The van der Waals surface area contributed by atoms with Gasteiger partial charge in [-0.15, -0.1) is 0 Å². The number of aromatic nitrogens is 1. The highest BCUT2D eigenvalue weighted by Gasteiger charge is 2.20. The summed E-state index contributed by atoms with van der Waals surface area (Å²) in [4.78, 5) is 22.8. The Morgan fingerprint density at radius 3 is 2.37 bits per heavy atom. The molecule has 2 aromatic carbocycles. The van der Waals surface area contributed by atoms with Gasteiger partial charge >= 0.3 is 5.97 Å². The summed E-state index contributed by atoms with van der Waals surface area (Å²) in [7, 11) is 0. The molecule has 6 nitrogen and oxygen atoms in total. The third-order valence-corrected chi connectivity index (χ3v) is 4.42. The van der Waals surface area contributed by atoms with Crippen molar-refractivity contribution in [1.29, 1.82) is 0 Å². The first kappa shape index (κ1) is 18.4. The highest BCUT2D eigenvalue weighted by atomic mass is 16.6. The Hall–Kier alpha value is -3.41. The van der Waals surface area contributed by atoms with Gasteiger partial charge in [-0.05, 0) is 43.2 Å². The summed E-state index contributed by atoms with van der Waals surface area (Å²) >= 11 is 0. The molecule has 1 heterocycles. The van der Waals surface area contributed by atoms with Gasteiger partial charge in [0, 0.05) is 30.1 Å². The van der Waals surface area contributed by atoms with E-state index in [-0.39, 0.29) is 11.7 Å². The molecule has 0 amide bonds. The van der Waals surface area contributed by atoms with Crippen LogP contribution in [-0.4, -0.2) is 22.1 Å². The number of carbonyl (C=O) groups is 1. The molecule has 3 aromatic rings. The van der Waals surface area contributed by atoms with Gasteiger partial charge in [-0.1, -0.05) is 30.3 Å². The number of carbonyl (C=O) groups excluding carboxylic acids is 1. The minimum Gasteiger partial charge on any atom is -0.462 e. The molecule has 0 saturated carbocycles. The van der Waals surface area contributed by atoms with Crippen molar-refractivity contribution in [3.05, 3.63) is 87.6 Å². The van der Waals surface area contributed by atoms with E-state index in [1.54, 1.807) is 25.1 Å². The number of benzene rings is 2. The lowest BCUT2D eigenvalue weighted by atomic mass is 10.1. The van der Waals surface area contributed by atoms with Crippen molar-refractivity contribution in [2.45, 2.75) is 20.4 Å². The Balaban J connectivity index is 2.08. The summed E-state index contributed by atoms with van der Waals surface area (Å²) in [6, 6.07) is 18.0. The molecule has 0 radical (unpaired) electrons. The highest BCUT2D eigenvalue weighted by Crippen LogP contribution is 2.29. The van der Waals surface area contributed by atoms with Gasteiger partial charge in [0.05, 0.1) is 17.1 Å². The summed E-state index contributed by atoms with van der Waals surface area (Å²) in [5.74, 6) is -0.370. The molecule has 0 unspecified atom stereocenters. The molecule has 0 aliphatic rings. The first-order valence-electron chi connectivity index (χ1n) is 8.67. The third kappa shape index (κ3) is 3.89. The van der Waals surface area contributed by atoms with Gasteiger partial charge in [0.2, 0.25) is 0 Å². The minimum absolute atomic E-state index is 0.0299. The van der Waals surface area contributed by atoms with Gasteiger partial charge in [-0.3, -0.25) is 10.1 Å². The van der Waals surface area contributed by atoms with E-state index in [1.165, 1.54) is 12.1 Å². The van der Waals surface area contributed by atoms with Crippen LogP contribution in [0.1, 0.15) is 28.5 Å². The van der Waals surface area contributed by atoms with E-state index in [0.29, 0.717) is 18.7 Å². The molecular formula is C21H20N2O4. The molecule has 0 bridgehead atoms. The number of hydrogen-bond donors (Lipinski definition) is 0. The van der Waals surface area contributed by atoms with Crippen LogP contribution in [-0.2, 0) is 11.3 Å². The number of hydrogen-bond acceptors (Lipinski definition) is 4. The second kappa shape index (κ2) is 7.86. The van der Waals surface area contributed by atoms with Crippen molar-refractivity contribution in [2.75, 3.05) is 6.61 Å². The number of nitrogens with zero attached hydrogens (tertiary/aromatic N) is 2. The van der Waals surface area contributed by atoms with Crippen molar-refractivity contribution < 1.29 is 14.5 Å². The number of nitro benzene ring substituents is 1. The average Bonchev–Trinajstić information content (AvgIpc) is 2.99. The van der Waals surface area contributed by atoms with E-state index >= 15 is 0 Å². The maximum absolute atomic E-state index is 12.3.